The Labute approximate surface area is 178 Å². The van der Waals surface area contributed by atoms with Crippen molar-refractivity contribution in [3.8, 4) is 0 Å². The van der Waals surface area contributed by atoms with Crippen molar-refractivity contribution in [2.24, 2.45) is 0 Å². The number of ether oxygens (including phenoxy) is 2. The first-order valence-corrected chi connectivity index (χ1v) is 9.70. The van der Waals surface area contributed by atoms with E-state index < -0.39 is 12.1 Å². The Hall–Kier alpha value is -4.00. The lowest BCUT2D eigenvalue weighted by atomic mass is 9.83. The molecular formula is C24H19NO6. The summed E-state index contributed by atoms with van der Waals surface area (Å²) < 4.78 is 9.67. The van der Waals surface area contributed by atoms with Gasteiger partial charge in [-0.25, -0.2) is 4.79 Å². The maximum Gasteiger partial charge on any atom is 0.407 e. The molecule has 3 aromatic carbocycles. The molecule has 0 saturated carbocycles. The fourth-order valence-corrected chi connectivity index (χ4v) is 3.55. The van der Waals surface area contributed by atoms with Crippen LogP contribution in [0.2, 0.25) is 0 Å². The largest absolute Gasteiger partial charge is 0.469 e. The summed E-state index contributed by atoms with van der Waals surface area (Å²) in [5.74, 6) is -0.768. The SMILES string of the molecule is COC(=O)CCNC(=O)OCc1ccc2cc3c(cc2c1)C(=O)c1ccccc1C3=O. The minimum atomic E-state index is -0.646. The van der Waals surface area contributed by atoms with Gasteiger partial charge >= 0.3 is 12.1 Å². The first-order valence-electron chi connectivity index (χ1n) is 9.70. The highest BCUT2D eigenvalue weighted by Crippen LogP contribution is 2.31. The van der Waals surface area contributed by atoms with Crippen LogP contribution >= 0.6 is 0 Å². The molecule has 0 unspecified atom stereocenters. The molecule has 1 aliphatic carbocycles. The van der Waals surface area contributed by atoms with E-state index >= 15 is 0 Å². The number of rotatable bonds is 5. The predicted octanol–water partition coefficient (Wildman–Crippen LogP) is 3.40. The Morgan fingerprint density at radius 1 is 0.839 bits per heavy atom. The van der Waals surface area contributed by atoms with Gasteiger partial charge in [0.2, 0.25) is 0 Å². The number of methoxy groups -OCH3 is 1. The summed E-state index contributed by atoms with van der Waals surface area (Å²) in [5, 5.41) is 4.05. The Balaban J connectivity index is 1.51. The van der Waals surface area contributed by atoms with E-state index in [1.165, 1.54) is 7.11 Å². The molecule has 1 N–H and O–H groups in total. The summed E-state index contributed by atoms with van der Waals surface area (Å²) in [5.41, 5.74) is 2.32. The second-order valence-electron chi connectivity index (χ2n) is 7.11. The smallest absolute Gasteiger partial charge is 0.407 e. The van der Waals surface area contributed by atoms with Gasteiger partial charge in [-0.15, -0.1) is 0 Å². The van der Waals surface area contributed by atoms with Gasteiger partial charge in [-0.1, -0.05) is 36.4 Å². The third kappa shape index (κ3) is 4.02. The number of fused-ring (bicyclic) bond motifs is 3. The molecule has 7 nitrogen and oxygen atoms in total. The molecule has 156 valence electrons. The van der Waals surface area contributed by atoms with Gasteiger partial charge in [0.1, 0.15) is 6.61 Å². The monoisotopic (exact) mass is 417 g/mol. The van der Waals surface area contributed by atoms with Crippen LogP contribution < -0.4 is 5.32 Å². The van der Waals surface area contributed by atoms with Crippen LogP contribution in [0.4, 0.5) is 4.79 Å². The van der Waals surface area contributed by atoms with Crippen molar-refractivity contribution >= 4 is 34.4 Å². The van der Waals surface area contributed by atoms with Gasteiger partial charge in [0, 0.05) is 28.8 Å². The Bertz CT molecular complexity index is 1230. The number of hydrogen-bond donors (Lipinski definition) is 1. The molecule has 0 heterocycles. The van der Waals surface area contributed by atoms with Crippen LogP contribution in [0.25, 0.3) is 10.8 Å². The second-order valence-corrected chi connectivity index (χ2v) is 7.11. The molecular weight excluding hydrogens is 398 g/mol. The minimum absolute atomic E-state index is 0.0206. The molecule has 31 heavy (non-hydrogen) atoms. The van der Waals surface area contributed by atoms with Crippen molar-refractivity contribution in [2.45, 2.75) is 13.0 Å². The quantitative estimate of drug-likeness (QED) is 0.500. The van der Waals surface area contributed by atoms with Gasteiger partial charge in [-0.3, -0.25) is 14.4 Å². The van der Waals surface area contributed by atoms with E-state index in [-0.39, 0.29) is 31.1 Å². The number of nitrogens with one attached hydrogen (secondary N) is 1. The molecule has 0 atom stereocenters. The van der Waals surface area contributed by atoms with Crippen molar-refractivity contribution in [1.82, 2.24) is 5.32 Å². The topological polar surface area (TPSA) is 98.8 Å². The fraction of sp³-hybridized carbons (Fsp3) is 0.167. The van der Waals surface area contributed by atoms with Crippen LogP contribution in [0.3, 0.4) is 0 Å². The summed E-state index contributed by atoms with van der Waals surface area (Å²) in [6.45, 7) is 0.139. The molecule has 1 aliphatic rings. The predicted molar refractivity (Wildman–Crippen MR) is 112 cm³/mol. The van der Waals surface area contributed by atoms with E-state index in [4.69, 9.17) is 4.74 Å². The maximum atomic E-state index is 12.9. The summed E-state index contributed by atoms with van der Waals surface area (Å²) in [7, 11) is 1.28. The number of carbonyl (C=O) groups is 4. The molecule has 3 aromatic rings. The molecule has 1 amide bonds. The fourth-order valence-electron chi connectivity index (χ4n) is 3.55. The molecule has 0 radical (unpaired) electrons. The van der Waals surface area contributed by atoms with E-state index in [2.05, 4.69) is 10.1 Å². The van der Waals surface area contributed by atoms with Gasteiger partial charge in [0.25, 0.3) is 0 Å². The standard InChI is InChI=1S/C24H19NO6/c1-30-21(26)8-9-25-24(29)31-13-14-6-7-15-11-19-20(12-16(15)10-14)23(28)18-5-3-2-4-17(18)22(19)27/h2-7,10-12H,8-9,13H2,1H3,(H,25,29). The first kappa shape index (κ1) is 20.3. The van der Waals surface area contributed by atoms with Crippen molar-refractivity contribution < 1.29 is 28.7 Å². The Morgan fingerprint density at radius 3 is 2.13 bits per heavy atom. The van der Waals surface area contributed by atoms with Gasteiger partial charge < -0.3 is 14.8 Å². The molecule has 0 aliphatic heterocycles. The first-order chi connectivity index (χ1) is 15.0. The van der Waals surface area contributed by atoms with Gasteiger partial charge in [-0.2, -0.15) is 0 Å². The number of alkyl carbamates (subject to hydrolysis) is 1. The van der Waals surface area contributed by atoms with Crippen LogP contribution in [-0.2, 0) is 20.9 Å². The van der Waals surface area contributed by atoms with E-state index in [9.17, 15) is 19.2 Å². The second kappa shape index (κ2) is 8.39. The zero-order valence-electron chi connectivity index (χ0n) is 16.8. The van der Waals surface area contributed by atoms with Crippen molar-refractivity contribution in [2.75, 3.05) is 13.7 Å². The highest BCUT2D eigenvalue weighted by atomic mass is 16.5. The summed E-state index contributed by atoms with van der Waals surface area (Å²) in [6.07, 6.45) is -0.588. The van der Waals surface area contributed by atoms with E-state index in [0.29, 0.717) is 22.3 Å². The number of ketones is 2. The lowest BCUT2D eigenvalue weighted by molar-refractivity contribution is -0.140. The molecule has 0 bridgehead atoms. The number of amides is 1. The zero-order valence-corrected chi connectivity index (χ0v) is 16.8. The average molecular weight is 417 g/mol. The van der Waals surface area contributed by atoms with Gasteiger partial charge in [0.15, 0.2) is 11.6 Å². The van der Waals surface area contributed by atoms with Crippen molar-refractivity contribution in [3.05, 3.63) is 82.4 Å². The van der Waals surface area contributed by atoms with Crippen molar-refractivity contribution in [3.63, 3.8) is 0 Å². The average Bonchev–Trinajstić information content (AvgIpc) is 2.80. The van der Waals surface area contributed by atoms with Gasteiger partial charge in [-0.05, 0) is 34.5 Å². The molecule has 7 heteroatoms. The van der Waals surface area contributed by atoms with E-state index in [0.717, 1.165) is 16.3 Å². The summed E-state index contributed by atoms with van der Waals surface area (Å²) in [4.78, 5) is 48.6. The van der Waals surface area contributed by atoms with Crippen LogP contribution in [0.15, 0.2) is 54.6 Å². The van der Waals surface area contributed by atoms with Gasteiger partial charge in [0.05, 0.1) is 13.5 Å². The molecule has 4 rings (SSSR count). The highest BCUT2D eigenvalue weighted by Gasteiger charge is 2.29. The number of carbonyl (C=O) groups excluding carboxylic acids is 4. The molecule has 0 spiro atoms. The van der Waals surface area contributed by atoms with E-state index in [1.807, 2.05) is 12.1 Å². The number of esters is 1. The number of benzene rings is 3. The maximum absolute atomic E-state index is 12.9. The van der Waals surface area contributed by atoms with Crippen molar-refractivity contribution in [1.29, 1.82) is 0 Å². The zero-order chi connectivity index (χ0) is 22.0. The van der Waals surface area contributed by atoms with Crippen LogP contribution in [0.5, 0.6) is 0 Å². The van der Waals surface area contributed by atoms with Crippen LogP contribution in [0.1, 0.15) is 43.8 Å². The normalized spacial score (nSPS) is 12.2. The third-order valence-corrected chi connectivity index (χ3v) is 5.14. The summed E-state index contributed by atoms with van der Waals surface area (Å²) in [6, 6.07) is 15.7. The lowest BCUT2D eigenvalue weighted by Gasteiger charge is -2.18. The Morgan fingerprint density at radius 2 is 1.48 bits per heavy atom. The van der Waals surface area contributed by atoms with Crippen LogP contribution in [-0.4, -0.2) is 37.3 Å². The Kier molecular flexibility index (Phi) is 5.49. The molecule has 0 saturated heterocycles. The van der Waals surface area contributed by atoms with Crippen LogP contribution in [0, 0.1) is 0 Å². The van der Waals surface area contributed by atoms with E-state index in [1.54, 1.807) is 42.5 Å². The highest BCUT2D eigenvalue weighted by molar-refractivity contribution is 6.29. The number of hydrogen-bond acceptors (Lipinski definition) is 6. The lowest BCUT2D eigenvalue weighted by Crippen LogP contribution is -2.26. The molecule has 0 fully saturated rings. The minimum Gasteiger partial charge on any atom is -0.469 e. The summed E-state index contributed by atoms with van der Waals surface area (Å²) >= 11 is 0. The third-order valence-electron chi connectivity index (χ3n) is 5.14. The molecule has 0 aromatic heterocycles.